The highest BCUT2D eigenvalue weighted by molar-refractivity contribution is 5.91. The molecule has 1 saturated heterocycles. The molecule has 1 aliphatic rings. The third-order valence-electron chi connectivity index (χ3n) is 3.79. The van der Waals surface area contributed by atoms with Crippen LogP contribution in [-0.2, 0) is 4.79 Å². The molecule has 23 heavy (non-hydrogen) atoms. The van der Waals surface area contributed by atoms with Gasteiger partial charge in [-0.05, 0) is 24.6 Å². The van der Waals surface area contributed by atoms with Gasteiger partial charge in [0.1, 0.15) is 5.82 Å². The summed E-state index contributed by atoms with van der Waals surface area (Å²) in [6.07, 6.45) is -4.72. The maximum absolute atomic E-state index is 13.2. The van der Waals surface area contributed by atoms with Crippen LogP contribution in [0.1, 0.15) is 5.56 Å². The van der Waals surface area contributed by atoms with Gasteiger partial charge in [0.2, 0.25) is 0 Å². The summed E-state index contributed by atoms with van der Waals surface area (Å²) in [7, 11) is 0. The highest BCUT2D eigenvalue weighted by atomic mass is 19.4. The van der Waals surface area contributed by atoms with Crippen molar-refractivity contribution < 1.29 is 32.3 Å². The topological polar surface area (TPSA) is 69.6 Å². The van der Waals surface area contributed by atoms with Crippen LogP contribution in [0, 0.1) is 24.6 Å². The zero-order chi connectivity index (χ0) is 17.4. The predicted molar refractivity (Wildman–Crippen MR) is 72.4 cm³/mol. The number of nitrogens with zero attached hydrogens (tertiary/aromatic N) is 1. The fourth-order valence-corrected chi connectivity index (χ4v) is 2.47. The van der Waals surface area contributed by atoms with Gasteiger partial charge in [-0.1, -0.05) is 6.07 Å². The van der Waals surface area contributed by atoms with Crippen molar-refractivity contribution in [1.29, 1.82) is 0 Å². The standard InChI is InChI=1S/C14H14F4N2O3/c1-7-2-3-8(15)4-11(7)19-13(23)20-5-9(12(21)22)10(6-20)14(16,17)18/h2-4,9-10H,5-6H2,1H3,(H,19,23)(H,21,22)/t9-,10-/m1/s1. The van der Waals surface area contributed by atoms with Gasteiger partial charge < -0.3 is 15.3 Å². The summed E-state index contributed by atoms with van der Waals surface area (Å²) in [4.78, 5) is 23.8. The molecule has 1 fully saturated rings. The molecule has 0 bridgehead atoms. The molecule has 1 aromatic carbocycles. The molecule has 5 nitrogen and oxygen atoms in total. The van der Waals surface area contributed by atoms with Crippen LogP contribution in [0.2, 0.25) is 0 Å². The first kappa shape index (κ1) is 17.0. The molecule has 9 heteroatoms. The number of aryl methyl sites for hydroxylation is 1. The number of hydrogen-bond donors (Lipinski definition) is 2. The zero-order valence-electron chi connectivity index (χ0n) is 12.0. The van der Waals surface area contributed by atoms with Crippen molar-refractivity contribution in [3.8, 4) is 0 Å². The van der Waals surface area contributed by atoms with Crippen molar-refractivity contribution in [1.82, 2.24) is 4.90 Å². The summed E-state index contributed by atoms with van der Waals surface area (Å²) in [5.74, 6) is -6.05. The van der Waals surface area contributed by atoms with Gasteiger partial charge in [0, 0.05) is 18.8 Å². The molecular formula is C14H14F4N2O3. The Kier molecular flexibility index (Phi) is 4.49. The minimum Gasteiger partial charge on any atom is -0.481 e. The fourth-order valence-electron chi connectivity index (χ4n) is 2.47. The van der Waals surface area contributed by atoms with E-state index in [1.165, 1.54) is 12.1 Å². The highest BCUT2D eigenvalue weighted by Gasteiger charge is 2.53. The number of alkyl halides is 3. The molecular weight excluding hydrogens is 320 g/mol. The van der Waals surface area contributed by atoms with Gasteiger partial charge in [0.15, 0.2) is 0 Å². The van der Waals surface area contributed by atoms with Gasteiger partial charge in [-0.2, -0.15) is 13.2 Å². The summed E-state index contributed by atoms with van der Waals surface area (Å²) in [6, 6.07) is 2.74. The summed E-state index contributed by atoms with van der Waals surface area (Å²) in [5.41, 5.74) is 0.651. The highest BCUT2D eigenvalue weighted by Crippen LogP contribution is 2.38. The molecule has 0 aromatic heterocycles. The summed E-state index contributed by atoms with van der Waals surface area (Å²) >= 11 is 0. The van der Waals surface area contributed by atoms with E-state index in [1.54, 1.807) is 6.92 Å². The van der Waals surface area contributed by atoms with Crippen molar-refractivity contribution in [3.05, 3.63) is 29.6 Å². The van der Waals surface area contributed by atoms with E-state index >= 15 is 0 Å². The number of anilines is 1. The number of nitrogens with one attached hydrogen (secondary N) is 1. The maximum atomic E-state index is 13.2. The number of urea groups is 1. The van der Waals surface area contributed by atoms with Crippen LogP contribution in [0.3, 0.4) is 0 Å². The van der Waals surface area contributed by atoms with Crippen LogP contribution in [-0.4, -0.2) is 41.3 Å². The van der Waals surface area contributed by atoms with Crippen LogP contribution in [0.15, 0.2) is 18.2 Å². The largest absolute Gasteiger partial charge is 0.481 e. The molecule has 1 aliphatic heterocycles. The average molecular weight is 334 g/mol. The lowest BCUT2D eigenvalue weighted by Crippen LogP contribution is -2.35. The van der Waals surface area contributed by atoms with Gasteiger partial charge >= 0.3 is 18.2 Å². The van der Waals surface area contributed by atoms with Crippen LogP contribution in [0.5, 0.6) is 0 Å². The zero-order valence-corrected chi connectivity index (χ0v) is 12.0. The van der Waals surface area contributed by atoms with E-state index in [9.17, 15) is 27.2 Å². The van der Waals surface area contributed by atoms with E-state index in [0.29, 0.717) is 5.56 Å². The molecule has 1 heterocycles. The molecule has 1 aromatic rings. The number of likely N-dealkylation sites (tertiary alicyclic amines) is 1. The predicted octanol–water partition coefficient (Wildman–Crippen LogP) is 2.86. The van der Waals surface area contributed by atoms with E-state index in [4.69, 9.17) is 5.11 Å². The van der Waals surface area contributed by atoms with E-state index < -0.39 is 48.9 Å². The molecule has 0 saturated carbocycles. The van der Waals surface area contributed by atoms with Crippen LogP contribution >= 0.6 is 0 Å². The normalized spacial score (nSPS) is 21.3. The number of carboxylic acid groups (broad SMARTS) is 1. The Morgan fingerprint density at radius 1 is 1.30 bits per heavy atom. The number of rotatable bonds is 2. The first-order valence-electron chi connectivity index (χ1n) is 6.71. The quantitative estimate of drug-likeness (QED) is 0.817. The molecule has 0 aliphatic carbocycles. The minimum atomic E-state index is -4.72. The molecule has 2 amide bonds. The van der Waals surface area contributed by atoms with E-state index in [1.807, 2.05) is 0 Å². The van der Waals surface area contributed by atoms with Crippen LogP contribution < -0.4 is 5.32 Å². The van der Waals surface area contributed by atoms with Crippen LogP contribution in [0.4, 0.5) is 28.0 Å². The second-order valence-electron chi connectivity index (χ2n) is 5.39. The van der Waals surface area contributed by atoms with E-state index in [-0.39, 0.29) is 5.69 Å². The molecule has 0 unspecified atom stereocenters. The van der Waals surface area contributed by atoms with Crippen molar-refractivity contribution in [3.63, 3.8) is 0 Å². The number of aliphatic carboxylic acids is 1. The second-order valence-corrected chi connectivity index (χ2v) is 5.39. The second kappa shape index (κ2) is 6.05. The third kappa shape index (κ3) is 3.72. The SMILES string of the molecule is Cc1ccc(F)cc1NC(=O)N1C[C@@H](C(F)(F)F)[C@H](C(=O)O)C1. The molecule has 126 valence electrons. The summed E-state index contributed by atoms with van der Waals surface area (Å²) < 4.78 is 51.8. The summed E-state index contributed by atoms with van der Waals surface area (Å²) in [5, 5.41) is 11.2. The number of carbonyl (C=O) groups excluding carboxylic acids is 1. The number of halogens is 4. The van der Waals surface area contributed by atoms with E-state index in [2.05, 4.69) is 5.32 Å². The van der Waals surface area contributed by atoms with Crippen molar-refractivity contribution in [2.75, 3.05) is 18.4 Å². The lowest BCUT2D eigenvalue weighted by molar-refractivity contribution is -0.187. The van der Waals surface area contributed by atoms with E-state index in [0.717, 1.165) is 11.0 Å². The number of benzene rings is 1. The minimum absolute atomic E-state index is 0.123. The first-order chi connectivity index (χ1) is 10.6. The third-order valence-corrected chi connectivity index (χ3v) is 3.79. The van der Waals surface area contributed by atoms with Gasteiger partial charge in [-0.3, -0.25) is 4.79 Å². The Bertz CT molecular complexity index is 633. The summed E-state index contributed by atoms with van der Waals surface area (Å²) in [6.45, 7) is 0.290. The average Bonchev–Trinajstić information content (AvgIpc) is 2.88. The maximum Gasteiger partial charge on any atom is 0.394 e. The molecule has 0 radical (unpaired) electrons. The number of amides is 2. The number of carboxylic acids is 1. The Morgan fingerprint density at radius 2 is 1.96 bits per heavy atom. The molecule has 2 rings (SSSR count). The van der Waals surface area contributed by atoms with Crippen molar-refractivity contribution in [2.24, 2.45) is 11.8 Å². The van der Waals surface area contributed by atoms with Gasteiger partial charge in [0.25, 0.3) is 0 Å². The molecule has 2 N–H and O–H groups in total. The number of hydrogen-bond acceptors (Lipinski definition) is 2. The van der Waals surface area contributed by atoms with Crippen molar-refractivity contribution in [2.45, 2.75) is 13.1 Å². The molecule has 0 spiro atoms. The monoisotopic (exact) mass is 334 g/mol. The number of carbonyl (C=O) groups is 2. The fraction of sp³-hybridized carbons (Fsp3) is 0.429. The lowest BCUT2D eigenvalue weighted by Gasteiger charge is -2.19. The van der Waals surface area contributed by atoms with Crippen LogP contribution in [0.25, 0.3) is 0 Å². The van der Waals surface area contributed by atoms with Gasteiger partial charge in [-0.25, -0.2) is 9.18 Å². The van der Waals surface area contributed by atoms with Gasteiger partial charge in [-0.15, -0.1) is 0 Å². The lowest BCUT2D eigenvalue weighted by atomic mass is 9.96. The Balaban J connectivity index is 2.14. The Labute approximate surface area is 128 Å². The molecule has 2 atom stereocenters. The van der Waals surface area contributed by atoms with Crippen molar-refractivity contribution >= 4 is 17.7 Å². The van der Waals surface area contributed by atoms with Gasteiger partial charge in [0.05, 0.1) is 11.8 Å². The Hall–Kier alpha value is -2.32. The smallest absolute Gasteiger partial charge is 0.394 e. The Morgan fingerprint density at radius 3 is 2.48 bits per heavy atom. The first-order valence-corrected chi connectivity index (χ1v) is 6.71.